The van der Waals surface area contributed by atoms with Crippen LogP contribution in [-0.4, -0.2) is 17.2 Å². The summed E-state index contributed by atoms with van der Waals surface area (Å²) in [5.41, 5.74) is 1.00. The second-order valence-corrected chi connectivity index (χ2v) is 5.27. The standard InChI is InChI=1S/C12H12ClNO2S/c1-16-9-4-2-3-8(5-9)6-10(15)12-14-7-11(13)17-12/h2-5,7,10,15H,6H2,1H3. The molecule has 90 valence electrons. The third kappa shape index (κ3) is 3.19. The summed E-state index contributed by atoms with van der Waals surface area (Å²) in [6, 6.07) is 7.62. The van der Waals surface area contributed by atoms with E-state index in [1.54, 1.807) is 13.3 Å². The quantitative estimate of drug-likeness (QED) is 0.928. The van der Waals surface area contributed by atoms with E-state index in [0.717, 1.165) is 11.3 Å². The van der Waals surface area contributed by atoms with Crippen LogP contribution in [0.4, 0.5) is 0 Å². The van der Waals surface area contributed by atoms with Gasteiger partial charge < -0.3 is 9.84 Å². The maximum Gasteiger partial charge on any atom is 0.123 e. The molecule has 0 saturated heterocycles. The van der Waals surface area contributed by atoms with Gasteiger partial charge >= 0.3 is 0 Å². The number of aromatic nitrogens is 1. The van der Waals surface area contributed by atoms with Crippen molar-refractivity contribution in [3.05, 3.63) is 45.4 Å². The van der Waals surface area contributed by atoms with Crippen molar-refractivity contribution in [1.82, 2.24) is 4.98 Å². The molecule has 2 aromatic rings. The second-order valence-electron chi connectivity index (χ2n) is 3.57. The lowest BCUT2D eigenvalue weighted by Crippen LogP contribution is -2.01. The van der Waals surface area contributed by atoms with Gasteiger partial charge in [-0.25, -0.2) is 4.98 Å². The molecular weight excluding hydrogens is 258 g/mol. The van der Waals surface area contributed by atoms with Crippen LogP contribution >= 0.6 is 22.9 Å². The fourth-order valence-electron chi connectivity index (χ4n) is 1.53. The van der Waals surface area contributed by atoms with Crippen LogP contribution in [0.1, 0.15) is 16.7 Å². The predicted molar refractivity (Wildman–Crippen MR) is 68.8 cm³/mol. The average molecular weight is 270 g/mol. The van der Waals surface area contributed by atoms with E-state index in [4.69, 9.17) is 16.3 Å². The highest BCUT2D eigenvalue weighted by Gasteiger charge is 2.13. The maximum absolute atomic E-state index is 10.00. The van der Waals surface area contributed by atoms with Crippen LogP contribution in [0, 0.1) is 0 Å². The van der Waals surface area contributed by atoms with Gasteiger partial charge in [0.15, 0.2) is 0 Å². The fraction of sp³-hybridized carbons (Fsp3) is 0.250. The molecule has 0 radical (unpaired) electrons. The van der Waals surface area contributed by atoms with Crippen molar-refractivity contribution in [2.75, 3.05) is 7.11 Å². The lowest BCUT2D eigenvalue weighted by atomic mass is 10.1. The highest BCUT2D eigenvalue weighted by molar-refractivity contribution is 7.15. The third-order valence-corrected chi connectivity index (χ3v) is 3.56. The molecule has 0 fully saturated rings. The van der Waals surface area contributed by atoms with Crippen molar-refractivity contribution in [1.29, 1.82) is 0 Å². The highest BCUT2D eigenvalue weighted by atomic mass is 35.5. The molecule has 1 heterocycles. The van der Waals surface area contributed by atoms with Gasteiger partial charge in [-0.15, -0.1) is 11.3 Å². The van der Waals surface area contributed by atoms with Gasteiger partial charge in [-0.05, 0) is 17.7 Å². The van der Waals surface area contributed by atoms with Gasteiger partial charge in [-0.3, -0.25) is 0 Å². The molecule has 2 rings (SSSR count). The van der Waals surface area contributed by atoms with Crippen LogP contribution in [0.5, 0.6) is 5.75 Å². The number of ether oxygens (including phenoxy) is 1. The Labute approximate surface area is 109 Å². The number of halogens is 1. The minimum atomic E-state index is -0.625. The summed E-state index contributed by atoms with van der Waals surface area (Å²) < 4.78 is 5.72. The third-order valence-electron chi connectivity index (χ3n) is 2.34. The van der Waals surface area contributed by atoms with Crippen molar-refractivity contribution < 1.29 is 9.84 Å². The van der Waals surface area contributed by atoms with E-state index in [2.05, 4.69) is 4.98 Å². The molecule has 0 spiro atoms. The van der Waals surface area contributed by atoms with Crippen LogP contribution in [-0.2, 0) is 6.42 Å². The van der Waals surface area contributed by atoms with Crippen LogP contribution in [0.3, 0.4) is 0 Å². The zero-order valence-corrected chi connectivity index (χ0v) is 10.8. The van der Waals surface area contributed by atoms with E-state index in [1.165, 1.54) is 11.3 Å². The molecule has 0 bridgehead atoms. The average Bonchev–Trinajstić information content (AvgIpc) is 2.76. The summed E-state index contributed by atoms with van der Waals surface area (Å²) in [6.07, 6.45) is 1.43. The number of aliphatic hydroxyl groups is 1. The first-order valence-electron chi connectivity index (χ1n) is 5.11. The Bertz CT molecular complexity index is 501. The van der Waals surface area contributed by atoms with Gasteiger partial charge in [0.25, 0.3) is 0 Å². The largest absolute Gasteiger partial charge is 0.497 e. The van der Waals surface area contributed by atoms with Crippen molar-refractivity contribution in [2.45, 2.75) is 12.5 Å². The van der Waals surface area contributed by atoms with Gasteiger partial charge in [0.1, 0.15) is 21.2 Å². The number of aliphatic hydroxyl groups excluding tert-OH is 1. The summed E-state index contributed by atoms with van der Waals surface area (Å²) in [6.45, 7) is 0. The summed E-state index contributed by atoms with van der Waals surface area (Å²) in [7, 11) is 1.62. The lowest BCUT2D eigenvalue weighted by molar-refractivity contribution is 0.178. The summed E-state index contributed by atoms with van der Waals surface area (Å²) in [4.78, 5) is 4.06. The van der Waals surface area contributed by atoms with Crippen LogP contribution < -0.4 is 4.74 Å². The Hall–Kier alpha value is -1.10. The lowest BCUT2D eigenvalue weighted by Gasteiger charge is -2.08. The van der Waals surface area contributed by atoms with E-state index in [0.29, 0.717) is 15.8 Å². The molecule has 0 amide bonds. The Kier molecular flexibility index (Phi) is 3.99. The maximum atomic E-state index is 10.00. The number of hydrogen-bond acceptors (Lipinski definition) is 4. The molecule has 1 unspecified atom stereocenters. The number of thiazole rings is 1. The zero-order valence-electron chi connectivity index (χ0n) is 9.26. The van der Waals surface area contributed by atoms with E-state index < -0.39 is 6.10 Å². The van der Waals surface area contributed by atoms with Gasteiger partial charge in [0, 0.05) is 6.42 Å². The summed E-state index contributed by atoms with van der Waals surface area (Å²) >= 11 is 7.08. The van der Waals surface area contributed by atoms with E-state index in [9.17, 15) is 5.11 Å². The van der Waals surface area contributed by atoms with Crippen molar-refractivity contribution in [2.24, 2.45) is 0 Å². The molecule has 1 aromatic heterocycles. The number of hydrogen-bond donors (Lipinski definition) is 1. The molecule has 3 nitrogen and oxygen atoms in total. The molecule has 0 aliphatic carbocycles. The van der Waals surface area contributed by atoms with Crippen LogP contribution in [0.15, 0.2) is 30.5 Å². The van der Waals surface area contributed by atoms with E-state index in [-0.39, 0.29) is 0 Å². The molecule has 0 aliphatic rings. The molecule has 17 heavy (non-hydrogen) atoms. The molecule has 1 atom stereocenters. The first kappa shape index (κ1) is 12.4. The summed E-state index contributed by atoms with van der Waals surface area (Å²) in [5, 5.41) is 10.6. The summed E-state index contributed by atoms with van der Waals surface area (Å²) in [5.74, 6) is 0.784. The van der Waals surface area contributed by atoms with E-state index >= 15 is 0 Å². The predicted octanol–water partition coefficient (Wildman–Crippen LogP) is 3.08. The Morgan fingerprint density at radius 3 is 3.00 bits per heavy atom. The van der Waals surface area contributed by atoms with Crippen molar-refractivity contribution in [3.8, 4) is 5.75 Å². The van der Waals surface area contributed by atoms with Gasteiger partial charge in [-0.2, -0.15) is 0 Å². The Balaban J connectivity index is 2.09. The second kappa shape index (κ2) is 5.49. The molecule has 0 saturated carbocycles. The molecule has 1 N–H and O–H groups in total. The number of nitrogens with zero attached hydrogens (tertiary/aromatic N) is 1. The molecule has 0 aliphatic heterocycles. The van der Waals surface area contributed by atoms with Gasteiger partial charge in [-0.1, -0.05) is 23.7 Å². The van der Waals surface area contributed by atoms with E-state index in [1.807, 2.05) is 24.3 Å². The van der Waals surface area contributed by atoms with Crippen LogP contribution in [0.2, 0.25) is 4.34 Å². The first-order chi connectivity index (χ1) is 8.19. The number of methoxy groups -OCH3 is 1. The molecule has 1 aromatic carbocycles. The number of benzene rings is 1. The van der Waals surface area contributed by atoms with Crippen LogP contribution in [0.25, 0.3) is 0 Å². The molecular formula is C12H12ClNO2S. The Morgan fingerprint density at radius 1 is 1.53 bits per heavy atom. The Morgan fingerprint density at radius 2 is 2.35 bits per heavy atom. The minimum absolute atomic E-state index is 0.501. The minimum Gasteiger partial charge on any atom is -0.497 e. The smallest absolute Gasteiger partial charge is 0.123 e. The number of rotatable bonds is 4. The fourth-order valence-corrected chi connectivity index (χ4v) is 2.45. The highest BCUT2D eigenvalue weighted by Crippen LogP contribution is 2.26. The van der Waals surface area contributed by atoms with Gasteiger partial charge in [0.2, 0.25) is 0 Å². The normalized spacial score (nSPS) is 12.4. The van der Waals surface area contributed by atoms with Gasteiger partial charge in [0.05, 0.1) is 13.3 Å². The molecule has 5 heteroatoms. The van der Waals surface area contributed by atoms with Crippen molar-refractivity contribution in [3.63, 3.8) is 0 Å². The van der Waals surface area contributed by atoms with Crippen molar-refractivity contribution >= 4 is 22.9 Å². The topological polar surface area (TPSA) is 42.4 Å². The zero-order chi connectivity index (χ0) is 12.3. The first-order valence-corrected chi connectivity index (χ1v) is 6.30. The monoisotopic (exact) mass is 269 g/mol. The SMILES string of the molecule is COc1cccc(CC(O)c2ncc(Cl)s2)c1.